The van der Waals surface area contributed by atoms with Crippen LogP contribution in [0.25, 0.3) is 16.7 Å². The van der Waals surface area contributed by atoms with Gasteiger partial charge in [-0.3, -0.25) is 0 Å². The zero-order valence-electron chi connectivity index (χ0n) is 9.11. The van der Waals surface area contributed by atoms with Crippen LogP contribution in [-0.4, -0.2) is 19.2 Å². The Labute approximate surface area is 101 Å². The minimum absolute atomic E-state index is 0.874. The molecule has 0 saturated heterocycles. The second kappa shape index (κ2) is 3.31. The molecule has 0 unspecified atom stereocenters. The first kappa shape index (κ1) is 9.84. The van der Waals surface area contributed by atoms with Crippen molar-refractivity contribution in [2.24, 2.45) is 0 Å². The molecule has 0 aliphatic heterocycles. The molecule has 0 radical (unpaired) electrons. The normalized spacial score (nSPS) is 11.7. The molecule has 3 heterocycles. The highest BCUT2D eigenvalue weighted by Crippen LogP contribution is 2.23. The topological polar surface area (TPSA) is 35.1 Å². The molecule has 3 aromatic heterocycles. The minimum Gasteiger partial charge on any atom is -0.333 e. The lowest BCUT2D eigenvalue weighted by Gasteiger charge is -2.04. The lowest BCUT2D eigenvalue weighted by molar-refractivity contribution is 0.767. The Kier molecular flexibility index (Phi) is 2.04. The maximum atomic E-state index is 4.55. The predicted octanol–water partition coefficient (Wildman–Crippen LogP) is 2.77. The average molecular weight is 279 g/mol. The third-order valence-corrected chi connectivity index (χ3v) is 3.40. The predicted molar refractivity (Wildman–Crippen MR) is 66.6 cm³/mol. The molecule has 4 nitrogen and oxygen atoms in total. The number of hydrogen-bond acceptors (Lipinski definition) is 2. The van der Waals surface area contributed by atoms with Crippen LogP contribution in [-0.2, 0) is 6.54 Å². The third-order valence-electron chi connectivity index (χ3n) is 2.84. The summed E-state index contributed by atoms with van der Waals surface area (Å²) in [6.45, 7) is 5.08. The van der Waals surface area contributed by atoms with E-state index in [1.54, 1.807) is 6.20 Å². The van der Waals surface area contributed by atoms with Gasteiger partial charge in [-0.15, -0.1) is 0 Å². The van der Waals surface area contributed by atoms with E-state index >= 15 is 0 Å². The van der Waals surface area contributed by atoms with Gasteiger partial charge < -0.3 is 4.57 Å². The number of aromatic nitrogens is 4. The van der Waals surface area contributed by atoms with E-state index in [1.165, 1.54) is 0 Å². The Hall–Kier alpha value is -1.36. The second-order valence-electron chi connectivity index (χ2n) is 3.76. The first-order valence-electron chi connectivity index (χ1n) is 5.21. The van der Waals surface area contributed by atoms with E-state index in [-0.39, 0.29) is 0 Å². The van der Waals surface area contributed by atoms with Crippen molar-refractivity contribution in [1.29, 1.82) is 0 Å². The van der Waals surface area contributed by atoms with Crippen LogP contribution in [0.4, 0.5) is 0 Å². The first-order chi connectivity index (χ1) is 7.72. The highest BCUT2D eigenvalue weighted by atomic mass is 79.9. The minimum atomic E-state index is 0.874. The molecule has 0 amide bonds. The van der Waals surface area contributed by atoms with Crippen molar-refractivity contribution >= 4 is 32.6 Å². The molecule has 0 fully saturated rings. The van der Waals surface area contributed by atoms with Crippen LogP contribution >= 0.6 is 15.9 Å². The van der Waals surface area contributed by atoms with Crippen LogP contribution in [0, 0.1) is 6.92 Å². The van der Waals surface area contributed by atoms with Crippen molar-refractivity contribution in [3.8, 4) is 0 Å². The van der Waals surface area contributed by atoms with Crippen molar-refractivity contribution < 1.29 is 0 Å². The Balaban J connectivity index is 2.60. The fraction of sp³-hybridized carbons (Fsp3) is 0.273. The molecule has 0 saturated carbocycles. The second-order valence-corrected chi connectivity index (χ2v) is 4.62. The Morgan fingerprint density at radius 1 is 1.44 bits per heavy atom. The molecule has 5 heteroatoms. The standard InChI is InChI=1S/C11H11BrN4/c1-3-15-5-4-8-7(2)14-10-9(12)6-13-16(10)11(8)15/h4-6H,3H2,1-2H3. The zero-order chi connectivity index (χ0) is 11.3. The molecule has 0 atom stereocenters. The first-order valence-corrected chi connectivity index (χ1v) is 6.00. The van der Waals surface area contributed by atoms with Gasteiger partial charge in [-0.1, -0.05) is 0 Å². The number of fused-ring (bicyclic) bond motifs is 3. The fourth-order valence-electron chi connectivity index (χ4n) is 2.03. The van der Waals surface area contributed by atoms with Crippen molar-refractivity contribution in [2.45, 2.75) is 20.4 Å². The number of hydrogen-bond donors (Lipinski definition) is 0. The summed E-state index contributed by atoms with van der Waals surface area (Å²) >= 11 is 3.47. The maximum absolute atomic E-state index is 4.55. The van der Waals surface area contributed by atoms with Crippen molar-refractivity contribution in [2.75, 3.05) is 0 Å². The zero-order valence-corrected chi connectivity index (χ0v) is 10.7. The maximum Gasteiger partial charge on any atom is 0.171 e. The van der Waals surface area contributed by atoms with Crippen LogP contribution in [0.2, 0.25) is 0 Å². The van der Waals surface area contributed by atoms with Gasteiger partial charge in [0, 0.05) is 18.1 Å². The van der Waals surface area contributed by atoms with Crippen LogP contribution in [0.5, 0.6) is 0 Å². The van der Waals surface area contributed by atoms with Gasteiger partial charge in [0.25, 0.3) is 0 Å². The van der Waals surface area contributed by atoms with Crippen molar-refractivity contribution in [1.82, 2.24) is 19.2 Å². The van der Waals surface area contributed by atoms with Crippen molar-refractivity contribution in [3.63, 3.8) is 0 Å². The number of aryl methyl sites for hydroxylation is 2. The van der Waals surface area contributed by atoms with E-state index in [0.29, 0.717) is 0 Å². The molecule has 0 aliphatic rings. The Morgan fingerprint density at radius 3 is 3.00 bits per heavy atom. The molecule has 3 aromatic rings. The SMILES string of the molecule is CCn1ccc2c(C)nc3c(Br)cnn3c21. The third kappa shape index (κ3) is 1.15. The van der Waals surface area contributed by atoms with E-state index in [0.717, 1.165) is 33.4 Å². The lowest BCUT2D eigenvalue weighted by atomic mass is 10.3. The van der Waals surface area contributed by atoms with Gasteiger partial charge in [-0.25, -0.2) is 4.98 Å². The van der Waals surface area contributed by atoms with Gasteiger partial charge in [0.1, 0.15) is 5.65 Å². The molecule has 16 heavy (non-hydrogen) atoms. The van der Waals surface area contributed by atoms with Crippen LogP contribution in [0.1, 0.15) is 12.6 Å². The highest BCUT2D eigenvalue weighted by molar-refractivity contribution is 9.10. The summed E-state index contributed by atoms with van der Waals surface area (Å²) in [4.78, 5) is 4.55. The molecule has 0 bridgehead atoms. The van der Waals surface area contributed by atoms with Crippen molar-refractivity contribution in [3.05, 3.63) is 28.6 Å². The van der Waals surface area contributed by atoms with Gasteiger partial charge in [-0.05, 0) is 35.8 Å². The van der Waals surface area contributed by atoms with E-state index in [9.17, 15) is 0 Å². The van der Waals surface area contributed by atoms with E-state index in [4.69, 9.17) is 0 Å². The van der Waals surface area contributed by atoms with E-state index in [2.05, 4.69) is 49.8 Å². The summed E-state index contributed by atoms with van der Waals surface area (Å²) < 4.78 is 4.99. The van der Waals surface area contributed by atoms with E-state index in [1.807, 2.05) is 11.4 Å². The Bertz CT molecular complexity index is 680. The van der Waals surface area contributed by atoms with Crippen LogP contribution in [0.3, 0.4) is 0 Å². The largest absolute Gasteiger partial charge is 0.333 e. The van der Waals surface area contributed by atoms with Gasteiger partial charge in [0.05, 0.1) is 16.4 Å². The molecule has 0 spiro atoms. The molecule has 3 rings (SSSR count). The van der Waals surface area contributed by atoms with Gasteiger partial charge >= 0.3 is 0 Å². The summed E-state index contributed by atoms with van der Waals surface area (Å²) in [5.74, 6) is 0. The quantitative estimate of drug-likeness (QED) is 0.686. The summed E-state index contributed by atoms with van der Waals surface area (Å²) in [6.07, 6.45) is 3.86. The van der Waals surface area contributed by atoms with Crippen LogP contribution in [0.15, 0.2) is 22.9 Å². The monoisotopic (exact) mass is 278 g/mol. The summed E-state index contributed by atoms with van der Waals surface area (Å²) in [5, 5.41) is 5.51. The average Bonchev–Trinajstić information content (AvgIpc) is 2.84. The highest BCUT2D eigenvalue weighted by Gasteiger charge is 2.12. The fourth-order valence-corrected chi connectivity index (χ4v) is 2.38. The summed E-state index contributed by atoms with van der Waals surface area (Å²) in [5.41, 5.74) is 3.02. The number of rotatable bonds is 1. The molecule has 0 aliphatic carbocycles. The molecule has 0 N–H and O–H groups in total. The van der Waals surface area contributed by atoms with E-state index < -0.39 is 0 Å². The molecular weight excluding hydrogens is 268 g/mol. The smallest absolute Gasteiger partial charge is 0.171 e. The van der Waals surface area contributed by atoms with Gasteiger partial charge in [0.15, 0.2) is 5.65 Å². The lowest BCUT2D eigenvalue weighted by Crippen LogP contribution is -2.01. The molecule has 0 aromatic carbocycles. The summed E-state index contributed by atoms with van der Waals surface area (Å²) in [7, 11) is 0. The Morgan fingerprint density at radius 2 is 2.25 bits per heavy atom. The number of nitrogens with zero attached hydrogens (tertiary/aromatic N) is 4. The van der Waals surface area contributed by atoms with Crippen LogP contribution < -0.4 is 0 Å². The number of halogens is 1. The summed E-state index contributed by atoms with van der Waals surface area (Å²) in [6, 6.07) is 2.09. The van der Waals surface area contributed by atoms with Gasteiger partial charge in [-0.2, -0.15) is 9.61 Å². The molecular formula is C11H11BrN4. The van der Waals surface area contributed by atoms with Gasteiger partial charge in [0.2, 0.25) is 0 Å². The molecule has 82 valence electrons.